The number of benzene rings is 1. The van der Waals surface area contributed by atoms with Crippen molar-refractivity contribution in [2.75, 3.05) is 18.4 Å². The van der Waals surface area contributed by atoms with Gasteiger partial charge in [-0.2, -0.15) is 0 Å². The van der Waals surface area contributed by atoms with Crippen molar-refractivity contribution in [3.8, 4) is 0 Å². The Morgan fingerprint density at radius 3 is 2.45 bits per heavy atom. The van der Waals surface area contributed by atoms with Gasteiger partial charge in [-0.05, 0) is 37.6 Å². The molecule has 0 saturated heterocycles. The predicted octanol–water partition coefficient (Wildman–Crippen LogP) is 3.67. The Morgan fingerprint density at radius 1 is 1.15 bits per heavy atom. The fraction of sp³-hybridized carbons (Fsp3) is 0.562. The van der Waals surface area contributed by atoms with Gasteiger partial charge in [0, 0.05) is 18.3 Å². The number of urea groups is 1. The van der Waals surface area contributed by atoms with E-state index in [1.54, 1.807) is 0 Å². The lowest BCUT2D eigenvalue weighted by molar-refractivity contribution is 0.252. The normalized spacial score (nSPS) is 11.9. The van der Waals surface area contributed by atoms with Crippen LogP contribution in [-0.4, -0.2) is 19.1 Å². The second-order valence-corrected chi connectivity index (χ2v) is 4.99. The Bertz CT molecular complexity index is 389. The molecule has 4 heteroatoms. The summed E-state index contributed by atoms with van der Waals surface area (Å²) in [6.07, 6.45) is 3.34. The lowest BCUT2D eigenvalue weighted by Gasteiger charge is -2.13. The number of amides is 2. The van der Waals surface area contributed by atoms with E-state index in [0.29, 0.717) is 6.04 Å². The number of anilines is 1. The summed E-state index contributed by atoms with van der Waals surface area (Å²) in [4.78, 5) is 11.7. The molecule has 0 aliphatic rings. The summed E-state index contributed by atoms with van der Waals surface area (Å²) in [7, 11) is 0. The molecule has 0 spiro atoms. The van der Waals surface area contributed by atoms with E-state index in [4.69, 9.17) is 0 Å². The zero-order valence-electron chi connectivity index (χ0n) is 12.8. The summed E-state index contributed by atoms with van der Waals surface area (Å²) in [5.74, 6) is 0. The van der Waals surface area contributed by atoms with Crippen LogP contribution in [0, 0.1) is 0 Å². The summed E-state index contributed by atoms with van der Waals surface area (Å²) in [6, 6.07) is 8.16. The van der Waals surface area contributed by atoms with Gasteiger partial charge < -0.3 is 16.0 Å². The summed E-state index contributed by atoms with van der Waals surface area (Å²) in [5.41, 5.74) is 2.05. The van der Waals surface area contributed by atoms with Gasteiger partial charge in [0.2, 0.25) is 0 Å². The van der Waals surface area contributed by atoms with Crippen molar-refractivity contribution in [3.63, 3.8) is 0 Å². The molecule has 1 unspecified atom stereocenters. The molecule has 0 radical (unpaired) electrons. The number of unbranched alkanes of at least 4 members (excludes halogenated alkanes) is 2. The minimum Gasteiger partial charge on any atom is -0.338 e. The van der Waals surface area contributed by atoms with Crippen LogP contribution in [0.3, 0.4) is 0 Å². The molecule has 4 nitrogen and oxygen atoms in total. The van der Waals surface area contributed by atoms with Crippen LogP contribution in [0.4, 0.5) is 10.5 Å². The van der Waals surface area contributed by atoms with E-state index < -0.39 is 0 Å². The van der Waals surface area contributed by atoms with Crippen LogP contribution in [0.15, 0.2) is 24.3 Å². The summed E-state index contributed by atoms with van der Waals surface area (Å²) < 4.78 is 0. The van der Waals surface area contributed by atoms with Crippen LogP contribution in [-0.2, 0) is 0 Å². The molecule has 112 valence electrons. The van der Waals surface area contributed by atoms with Gasteiger partial charge in [-0.25, -0.2) is 4.79 Å². The van der Waals surface area contributed by atoms with Gasteiger partial charge in [-0.1, -0.05) is 38.8 Å². The van der Waals surface area contributed by atoms with E-state index in [0.717, 1.165) is 38.0 Å². The van der Waals surface area contributed by atoms with Gasteiger partial charge in [0.05, 0.1) is 0 Å². The van der Waals surface area contributed by atoms with Gasteiger partial charge >= 0.3 is 6.03 Å². The number of hydrogen-bond acceptors (Lipinski definition) is 2. The van der Waals surface area contributed by atoms with Crippen molar-refractivity contribution in [2.24, 2.45) is 0 Å². The highest BCUT2D eigenvalue weighted by molar-refractivity contribution is 5.89. The van der Waals surface area contributed by atoms with E-state index in [1.165, 1.54) is 5.56 Å². The maximum Gasteiger partial charge on any atom is 0.319 e. The average Bonchev–Trinajstić information content (AvgIpc) is 2.45. The van der Waals surface area contributed by atoms with Crippen LogP contribution in [0.2, 0.25) is 0 Å². The molecule has 1 aromatic carbocycles. The maximum absolute atomic E-state index is 11.7. The Morgan fingerprint density at radius 2 is 1.85 bits per heavy atom. The maximum atomic E-state index is 11.7. The van der Waals surface area contributed by atoms with Crippen LogP contribution in [0.25, 0.3) is 0 Å². The molecular weight excluding hydrogens is 250 g/mol. The quantitative estimate of drug-likeness (QED) is 0.635. The third-order valence-electron chi connectivity index (χ3n) is 3.24. The summed E-state index contributed by atoms with van der Waals surface area (Å²) in [6.45, 7) is 8.05. The smallest absolute Gasteiger partial charge is 0.319 e. The van der Waals surface area contributed by atoms with Crippen LogP contribution < -0.4 is 16.0 Å². The molecule has 20 heavy (non-hydrogen) atoms. The minimum atomic E-state index is -0.131. The van der Waals surface area contributed by atoms with Gasteiger partial charge in [-0.15, -0.1) is 0 Å². The second-order valence-electron chi connectivity index (χ2n) is 4.99. The first-order valence-corrected chi connectivity index (χ1v) is 7.55. The molecule has 2 amide bonds. The van der Waals surface area contributed by atoms with Gasteiger partial charge in [0.1, 0.15) is 0 Å². The standard InChI is InChI=1S/C16H27N3O/c1-4-6-7-12-18-16(20)19-15-10-8-14(9-11-15)13(3)17-5-2/h8-11,13,17H,4-7,12H2,1-3H3,(H2,18,19,20). The number of carbonyl (C=O) groups is 1. The molecular formula is C16H27N3O. The first-order valence-electron chi connectivity index (χ1n) is 7.55. The van der Waals surface area contributed by atoms with E-state index in [9.17, 15) is 4.79 Å². The molecule has 0 saturated carbocycles. The number of carbonyl (C=O) groups excluding carboxylic acids is 1. The molecule has 1 rings (SSSR count). The van der Waals surface area contributed by atoms with E-state index in [1.807, 2.05) is 24.3 Å². The van der Waals surface area contributed by atoms with Crippen molar-refractivity contribution in [1.29, 1.82) is 0 Å². The molecule has 1 aromatic rings. The number of hydrogen-bond donors (Lipinski definition) is 3. The Balaban J connectivity index is 2.39. The number of rotatable bonds is 8. The lowest BCUT2D eigenvalue weighted by Crippen LogP contribution is -2.29. The third kappa shape index (κ3) is 6.06. The Labute approximate surface area is 122 Å². The SMILES string of the molecule is CCCCCNC(=O)Nc1ccc(C(C)NCC)cc1. The van der Waals surface area contributed by atoms with Gasteiger partial charge in [0.15, 0.2) is 0 Å². The summed E-state index contributed by atoms with van der Waals surface area (Å²) in [5, 5.41) is 9.07. The molecule has 0 aliphatic heterocycles. The van der Waals surface area contributed by atoms with Gasteiger partial charge in [0.25, 0.3) is 0 Å². The lowest BCUT2D eigenvalue weighted by atomic mass is 10.1. The average molecular weight is 277 g/mol. The van der Waals surface area contributed by atoms with Crippen molar-refractivity contribution >= 4 is 11.7 Å². The highest BCUT2D eigenvalue weighted by Crippen LogP contribution is 2.15. The predicted molar refractivity (Wildman–Crippen MR) is 85.1 cm³/mol. The van der Waals surface area contributed by atoms with Crippen molar-refractivity contribution in [2.45, 2.75) is 46.1 Å². The molecule has 0 aromatic heterocycles. The molecule has 0 bridgehead atoms. The van der Waals surface area contributed by atoms with E-state index in [-0.39, 0.29) is 6.03 Å². The molecule has 3 N–H and O–H groups in total. The zero-order chi connectivity index (χ0) is 14.8. The van der Waals surface area contributed by atoms with Crippen LogP contribution >= 0.6 is 0 Å². The van der Waals surface area contributed by atoms with Crippen molar-refractivity contribution in [3.05, 3.63) is 29.8 Å². The first kappa shape index (κ1) is 16.5. The Kier molecular flexibility index (Phi) is 7.73. The zero-order valence-corrected chi connectivity index (χ0v) is 12.8. The van der Waals surface area contributed by atoms with Crippen LogP contribution in [0.5, 0.6) is 0 Å². The summed E-state index contributed by atoms with van der Waals surface area (Å²) >= 11 is 0. The molecule has 1 atom stereocenters. The highest BCUT2D eigenvalue weighted by atomic mass is 16.2. The van der Waals surface area contributed by atoms with Crippen molar-refractivity contribution < 1.29 is 4.79 Å². The number of nitrogens with one attached hydrogen (secondary N) is 3. The minimum absolute atomic E-state index is 0.131. The van der Waals surface area contributed by atoms with Crippen molar-refractivity contribution in [1.82, 2.24) is 10.6 Å². The monoisotopic (exact) mass is 277 g/mol. The van der Waals surface area contributed by atoms with Crippen LogP contribution in [0.1, 0.15) is 51.6 Å². The molecule has 0 heterocycles. The fourth-order valence-electron chi connectivity index (χ4n) is 2.03. The van der Waals surface area contributed by atoms with Gasteiger partial charge in [-0.3, -0.25) is 0 Å². The van der Waals surface area contributed by atoms with E-state index >= 15 is 0 Å². The third-order valence-corrected chi connectivity index (χ3v) is 3.24. The largest absolute Gasteiger partial charge is 0.338 e. The Hall–Kier alpha value is -1.55. The second kappa shape index (κ2) is 9.37. The van der Waals surface area contributed by atoms with E-state index in [2.05, 4.69) is 36.7 Å². The highest BCUT2D eigenvalue weighted by Gasteiger charge is 2.04. The first-order chi connectivity index (χ1) is 9.67. The molecule has 0 fully saturated rings. The molecule has 0 aliphatic carbocycles. The fourth-order valence-corrected chi connectivity index (χ4v) is 2.03. The topological polar surface area (TPSA) is 53.2 Å².